The Morgan fingerprint density at radius 1 is 1.29 bits per heavy atom. The molecule has 1 aromatic carbocycles. The van der Waals surface area contributed by atoms with Crippen LogP contribution in [0.3, 0.4) is 0 Å². The van der Waals surface area contributed by atoms with Gasteiger partial charge in [0.05, 0.1) is 10.6 Å². The number of benzene rings is 1. The van der Waals surface area contributed by atoms with E-state index in [9.17, 15) is 9.90 Å². The molecule has 2 aliphatic rings. The summed E-state index contributed by atoms with van der Waals surface area (Å²) < 4.78 is 16.2. The molecular formula is C22H23N3O5S. The minimum absolute atomic E-state index is 0.0423. The average molecular weight is 442 g/mol. The maximum atomic E-state index is 12.8. The third-order valence-electron chi connectivity index (χ3n) is 5.42. The molecule has 162 valence electrons. The van der Waals surface area contributed by atoms with E-state index in [1.165, 1.54) is 11.3 Å². The molecule has 1 fully saturated rings. The largest absolute Gasteiger partial charge is 0.491 e. The maximum Gasteiger partial charge on any atom is 0.261 e. The van der Waals surface area contributed by atoms with Gasteiger partial charge < -0.3 is 24.6 Å². The van der Waals surface area contributed by atoms with Crippen molar-refractivity contribution in [2.45, 2.75) is 38.7 Å². The lowest BCUT2D eigenvalue weighted by Crippen LogP contribution is -2.35. The predicted octanol–water partition coefficient (Wildman–Crippen LogP) is 3.08. The zero-order valence-electron chi connectivity index (χ0n) is 17.3. The molecular weight excluding hydrogens is 418 g/mol. The molecule has 0 saturated heterocycles. The van der Waals surface area contributed by atoms with Gasteiger partial charge in [-0.15, -0.1) is 11.3 Å². The Kier molecular flexibility index (Phi) is 5.15. The maximum absolute atomic E-state index is 12.8. The Morgan fingerprint density at radius 3 is 2.90 bits per heavy atom. The molecule has 3 aromatic rings. The first kappa shape index (κ1) is 20.0. The number of amides is 1. The van der Waals surface area contributed by atoms with Gasteiger partial charge in [0, 0.05) is 23.9 Å². The van der Waals surface area contributed by atoms with Crippen LogP contribution in [0.15, 0.2) is 18.2 Å². The number of rotatable bonds is 7. The van der Waals surface area contributed by atoms with Crippen molar-refractivity contribution >= 4 is 27.5 Å². The van der Waals surface area contributed by atoms with E-state index in [0.717, 1.165) is 40.1 Å². The highest BCUT2D eigenvalue weighted by atomic mass is 32.1. The van der Waals surface area contributed by atoms with E-state index >= 15 is 0 Å². The highest BCUT2D eigenvalue weighted by molar-refractivity contribution is 7.20. The number of thiophene rings is 1. The second-order valence-electron chi connectivity index (χ2n) is 7.87. The number of nitrogens with zero attached hydrogens (tertiary/aromatic N) is 2. The first-order valence-electron chi connectivity index (χ1n) is 10.3. The number of nitrogens with one attached hydrogen (secondary N) is 1. The quantitative estimate of drug-likeness (QED) is 0.581. The molecule has 1 atom stereocenters. The number of aliphatic hydroxyl groups is 1. The molecule has 3 heterocycles. The summed E-state index contributed by atoms with van der Waals surface area (Å²) in [6.45, 7) is 4.20. The Balaban J connectivity index is 1.20. The van der Waals surface area contributed by atoms with Crippen molar-refractivity contribution in [3.05, 3.63) is 40.2 Å². The van der Waals surface area contributed by atoms with E-state index < -0.39 is 6.10 Å². The van der Waals surface area contributed by atoms with Crippen molar-refractivity contribution in [1.29, 1.82) is 0 Å². The number of hydrogen-bond donors (Lipinski definition) is 2. The van der Waals surface area contributed by atoms with Crippen LogP contribution in [0.4, 0.5) is 0 Å². The number of fused-ring (bicyclic) bond motifs is 2. The minimum atomic E-state index is -0.855. The van der Waals surface area contributed by atoms with E-state index in [1.54, 1.807) is 18.2 Å². The molecule has 1 aliphatic heterocycles. The van der Waals surface area contributed by atoms with Gasteiger partial charge in [0.1, 0.15) is 29.1 Å². The van der Waals surface area contributed by atoms with Gasteiger partial charge in [-0.05, 0) is 44.4 Å². The third kappa shape index (κ3) is 4.03. The van der Waals surface area contributed by atoms with Gasteiger partial charge in [-0.2, -0.15) is 0 Å². The molecule has 1 amide bonds. The Labute approximate surface area is 183 Å². The molecule has 0 spiro atoms. The molecule has 8 nitrogen and oxygen atoms in total. The molecule has 1 unspecified atom stereocenters. The molecule has 2 N–H and O–H groups in total. The van der Waals surface area contributed by atoms with Crippen LogP contribution < -0.4 is 19.5 Å². The molecule has 2 aromatic heterocycles. The normalized spacial score (nSPS) is 15.8. The lowest BCUT2D eigenvalue weighted by molar-refractivity contribution is 0.0846. The zero-order valence-corrected chi connectivity index (χ0v) is 18.1. The van der Waals surface area contributed by atoms with Crippen molar-refractivity contribution in [2.24, 2.45) is 0 Å². The third-order valence-corrected chi connectivity index (χ3v) is 6.61. The van der Waals surface area contributed by atoms with Gasteiger partial charge >= 0.3 is 0 Å². The highest BCUT2D eigenvalue weighted by Crippen LogP contribution is 2.40. The van der Waals surface area contributed by atoms with Crippen LogP contribution in [0, 0.1) is 13.8 Å². The lowest BCUT2D eigenvalue weighted by atomic mass is 10.1. The summed E-state index contributed by atoms with van der Waals surface area (Å²) in [5.41, 5.74) is 1.79. The van der Waals surface area contributed by atoms with E-state index in [-0.39, 0.29) is 25.9 Å². The second kappa shape index (κ2) is 7.97. The molecule has 9 heteroatoms. The van der Waals surface area contributed by atoms with Gasteiger partial charge in [-0.25, -0.2) is 9.97 Å². The van der Waals surface area contributed by atoms with Crippen molar-refractivity contribution in [3.63, 3.8) is 0 Å². The van der Waals surface area contributed by atoms with Crippen molar-refractivity contribution < 1.29 is 24.1 Å². The van der Waals surface area contributed by atoms with Crippen molar-refractivity contribution in [2.75, 3.05) is 19.9 Å². The van der Waals surface area contributed by atoms with Crippen LogP contribution in [0.1, 0.15) is 45.5 Å². The number of carbonyl (C=O) groups excluding carboxylic acids is 1. The smallest absolute Gasteiger partial charge is 0.261 e. The topological polar surface area (TPSA) is 103 Å². The van der Waals surface area contributed by atoms with Crippen LogP contribution in [0.25, 0.3) is 10.2 Å². The van der Waals surface area contributed by atoms with Crippen LogP contribution >= 0.6 is 11.3 Å². The molecule has 5 rings (SSSR count). The highest BCUT2D eigenvalue weighted by Gasteiger charge is 2.28. The molecule has 31 heavy (non-hydrogen) atoms. The second-order valence-corrected chi connectivity index (χ2v) is 8.87. The fraction of sp³-hybridized carbons (Fsp3) is 0.409. The molecule has 0 radical (unpaired) electrons. The summed E-state index contributed by atoms with van der Waals surface area (Å²) >= 11 is 1.38. The zero-order chi connectivity index (χ0) is 21.5. The van der Waals surface area contributed by atoms with Gasteiger partial charge in [0.2, 0.25) is 6.79 Å². The number of carbonyl (C=O) groups is 1. The number of aliphatic hydroxyl groups excluding tert-OH is 1. The molecule has 1 saturated carbocycles. The first-order chi connectivity index (χ1) is 15.0. The summed E-state index contributed by atoms with van der Waals surface area (Å²) in [4.78, 5) is 23.5. The predicted molar refractivity (Wildman–Crippen MR) is 115 cm³/mol. The van der Waals surface area contributed by atoms with Gasteiger partial charge in [0.15, 0.2) is 11.5 Å². The Bertz CT molecular complexity index is 1160. The SMILES string of the molecule is Cc1nc(C2CC2)nc2sc(C(=O)NCC(O)COc3ccc4c(c3)OCO4)c(C)c12. The van der Waals surface area contributed by atoms with Crippen LogP contribution in [-0.4, -0.2) is 47.0 Å². The Morgan fingerprint density at radius 2 is 2.10 bits per heavy atom. The monoisotopic (exact) mass is 441 g/mol. The summed E-state index contributed by atoms with van der Waals surface area (Å²) in [7, 11) is 0. The van der Waals surface area contributed by atoms with E-state index in [0.29, 0.717) is 28.0 Å². The summed E-state index contributed by atoms with van der Waals surface area (Å²) in [5, 5.41) is 14.0. The van der Waals surface area contributed by atoms with E-state index in [1.807, 2.05) is 13.8 Å². The Hall–Kier alpha value is -2.91. The van der Waals surface area contributed by atoms with Gasteiger partial charge in [-0.1, -0.05) is 0 Å². The molecule has 0 bridgehead atoms. The number of ether oxygens (including phenoxy) is 3. The van der Waals surface area contributed by atoms with Crippen molar-refractivity contribution in [3.8, 4) is 17.2 Å². The minimum Gasteiger partial charge on any atom is -0.491 e. The summed E-state index contributed by atoms with van der Waals surface area (Å²) in [5.74, 6) is 2.97. The first-order valence-corrected chi connectivity index (χ1v) is 11.1. The fourth-order valence-corrected chi connectivity index (χ4v) is 4.76. The number of aromatic nitrogens is 2. The van der Waals surface area contributed by atoms with Crippen LogP contribution in [0.2, 0.25) is 0 Å². The van der Waals surface area contributed by atoms with E-state index in [4.69, 9.17) is 14.2 Å². The van der Waals surface area contributed by atoms with Crippen LogP contribution in [0.5, 0.6) is 17.2 Å². The fourth-order valence-electron chi connectivity index (χ4n) is 3.61. The summed E-state index contributed by atoms with van der Waals surface area (Å²) in [6, 6.07) is 5.22. The van der Waals surface area contributed by atoms with Crippen LogP contribution in [-0.2, 0) is 0 Å². The number of aryl methyl sites for hydroxylation is 2. The molecule has 1 aliphatic carbocycles. The van der Waals surface area contributed by atoms with Gasteiger partial charge in [0.25, 0.3) is 5.91 Å². The standard InChI is InChI=1S/C22H23N3O5S/c1-11-18-12(2)24-20(13-3-4-13)25-22(18)31-19(11)21(27)23-8-14(26)9-28-15-5-6-16-17(7-15)30-10-29-16/h5-7,13-14,26H,3-4,8-10H2,1-2H3,(H,23,27). The van der Waals surface area contributed by atoms with Crippen molar-refractivity contribution in [1.82, 2.24) is 15.3 Å². The van der Waals surface area contributed by atoms with E-state index in [2.05, 4.69) is 15.3 Å². The summed E-state index contributed by atoms with van der Waals surface area (Å²) in [6.07, 6.45) is 1.41. The van der Waals surface area contributed by atoms with Gasteiger partial charge in [-0.3, -0.25) is 4.79 Å². The number of hydrogen-bond acceptors (Lipinski definition) is 8. The average Bonchev–Trinajstić information content (AvgIpc) is 3.41. The lowest BCUT2D eigenvalue weighted by Gasteiger charge is -2.13.